The average molecular weight is 301 g/mol. The summed E-state index contributed by atoms with van der Waals surface area (Å²) in [4.78, 5) is 17.2. The highest BCUT2D eigenvalue weighted by Gasteiger charge is 2.27. The number of hydrogen-bond donors (Lipinski definition) is 1. The number of rotatable bonds is 3. The number of carbonyl (C=O) groups is 1. The molecule has 2 aliphatic rings. The standard InChI is InChI=1S/C18H27N3O/c22-18(17-7-4-9-19-10-8-17)21-13-11-20(12-14-21)15-16-5-2-1-3-6-16/h1-3,5-6,17,19H,4,7-15H2/t17-/m0/s1. The summed E-state index contributed by atoms with van der Waals surface area (Å²) >= 11 is 0. The molecule has 0 spiro atoms. The first kappa shape index (κ1) is 15.5. The lowest BCUT2D eigenvalue weighted by Crippen LogP contribution is -2.50. The van der Waals surface area contributed by atoms with Crippen molar-refractivity contribution in [3.8, 4) is 0 Å². The van der Waals surface area contributed by atoms with Gasteiger partial charge in [-0.05, 0) is 37.9 Å². The van der Waals surface area contributed by atoms with E-state index in [4.69, 9.17) is 0 Å². The van der Waals surface area contributed by atoms with Crippen molar-refractivity contribution in [1.82, 2.24) is 15.1 Å². The van der Waals surface area contributed by atoms with Gasteiger partial charge in [-0.3, -0.25) is 9.69 Å². The first-order valence-corrected chi connectivity index (χ1v) is 8.59. The van der Waals surface area contributed by atoms with Crippen molar-refractivity contribution in [1.29, 1.82) is 0 Å². The Morgan fingerprint density at radius 3 is 2.59 bits per heavy atom. The fraction of sp³-hybridized carbons (Fsp3) is 0.611. The minimum absolute atomic E-state index is 0.246. The van der Waals surface area contributed by atoms with Crippen molar-refractivity contribution < 1.29 is 4.79 Å². The Hall–Kier alpha value is -1.39. The summed E-state index contributed by atoms with van der Waals surface area (Å²) < 4.78 is 0. The molecule has 2 aliphatic heterocycles. The fourth-order valence-electron chi connectivity index (χ4n) is 3.49. The maximum Gasteiger partial charge on any atom is 0.225 e. The van der Waals surface area contributed by atoms with Gasteiger partial charge in [0.25, 0.3) is 0 Å². The van der Waals surface area contributed by atoms with Crippen LogP contribution in [0.3, 0.4) is 0 Å². The molecule has 4 heteroatoms. The van der Waals surface area contributed by atoms with Gasteiger partial charge < -0.3 is 10.2 Å². The molecule has 120 valence electrons. The molecule has 3 rings (SSSR count). The smallest absolute Gasteiger partial charge is 0.225 e. The summed E-state index contributed by atoms with van der Waals surface area (Å²) in [6.45, 7) is 6.80. The van der Waals surface area contributed by atoms with Crippen LogP contribution in [0.1, 0.15) is 24.8 Å². The molecule has 1 atom stereocenters. The van der Waals surface area contributed by atoms with Gasteiger partial charge >= 0.3 is 0 Å². The van der Waals surface area contributed by atoms with Crippen LogP contribution >= 0.6 is 0 Å². The van der Waals surface area contributed by atoms with E-state index in [-0.39, 0.29) is 5.92 Å². The van der Waals surface area contributed by atoms with Crippen molar-refractivity contribution in [3.05, 3.63) is 35.9 Å². The Kier molecular flexibility index (Phi) is 5.46. The van der Waals surface area contributed by atoms with Crippen LogP contribution in [0.15, 0.2) is 30.3 Å². The van der Waals surface area contributed by atoms with Gasteiger partial charge in [0, 0.05) is 38.6 Å². The summed E-state index contributed by atoms with van der Waals surface area (Å²) in [7, 11) is 0. The van der Waals surface area contributed by atoms with Crippen LogP contribution in [0.2, 0.25) is 0 Å². The molecule has 1 aromatic rings. The molecule has 0 unspecified atom stereocenters. The monoisotopic (exact) mass is 301 g/mol. The molecule has 0 aliphatic carbocycles. The quantitative estimate of drug-likeness (QED) is 0.923. The van der Waals surface area contributed by atoms with Gasteiger partial charge in [-0.2, -0.15) is 0 Å². The van der Waals surface area contributed by atoms with Gasteiger partial charge in [-0.25, -0.2) is 0 Å². The molecular formula is C18H27N3O. The summed E-state index contributed by atoms with van der Waals surface area (Å²) in [5, 5.41) is 3.39. The zero-order valence-corrected chi connectivity index (χ0v) is 13.3. The largest absolute Gasteiger partial charge is 0.340 e. The van der Waals surface area contributed by atoms with Crippen molar-refractivity contribution in [2.75, 3.05) is 39.3 Å². The van der Waals surface area contributed by atoms with Gasteiger partial charge in [-0.1, -0.05) is 30.3 Å². The van der Waals surface area contributed by atoms with Gasteiger partial charge in [0.1, 0.15) is 0 Å². The molecule has 1 N–H and O–H groups in total. The molecule has 22 heavy (non-hydrogen) atoms. The Balaban J connectivity index is 1.47. The number of hydrogen-bond acceptors (Lipinski definition) is 3. The molecule has 2 heterocycles. The SMILES string of the molecule is O=C([C@H]1CCCNCC1)N1CCN(Cc2ccccc2)CC1. The van der Waals surface area contributed by atoms with E-state index < -0.39 is 0 Å². The topological polar surface area (TPSA) is 35.6 Å². The van der Waals surface area contributed by atoms with Crippen molar-refractivity contribution in [2.24, 2.45) is 5.92 Å². The van der Waals surface area contributed by atoms with Crippen LogP contribution in [0.5, 0.6) is 0 Å². The lowest BCUT2D eigenvalue weighted by molar-refractivity contribution is -0.137. The molecule has 1 amide bonds. The predicted molar refractivity (Wildman–Crippen MR) is 88.5 cm³/mol. The number of nitrogens with zero attached hydrogens (tertiary/aromatic N) is 2. The van der Waals surface area contributed by atoms with Gasteiger partial charge in [0.15, 0.2) is 0 Å². The second kappa shape index (κ2) is 7.75. The van der Waals surface area contributed by atoms with Crippen molar-refractivity contribution in [3.63, 3.8) is 0 Å². The summed E-state index contributed by atoms with van der Waals surface area (Å²) in [5.74, 6) is 0.638. The van der Waals surface area contributed by atoms with Gasteiger partial charge in [0.2, 0.25) is 5.91 Å². The highest BCUT2D eigenvalue weighted by atomic mass is 16.2. The molecule has 0 radical (unpaired) electrons. The summed E-state index contributed by atoms with van der Waals surface area (Å²) in [5.41, 5.74) is 1.36. The molecule has 2 fully saturated rings. The predicted octanol–water partition coefficient (Wildman–Crippen LogP) is 1.72. The van der Waals surface area contributed by atoms with E-state index in [0.29, 0.717) is 5.91 Å². The van der Waals surface area contributed by atoms with Crippen LogP contribution in [-0.2, 0) is 11.3 Å². The number of carbonyl (C=O) groups excluding carboxylic acids is 1. The zero-order valence-electron chi connectivity index (χ0n) is 13.3. The minimum Gasteiger partial charge on any atom is -0.340 e. The molecule has 0 bridgehead atoms. The fourth-order valence-corrected chi connectivity index (χ4v) is 3.49. The van der Waals surface area contributed by atoms with Crippen LogP contribution in [0.25, 0.3) is 0 Å². The van der Waals surface area contributed by atoms with E-state index in [1.807, 2.05) is 0 Å². The number of benzene rings is 1. The van der Waals surface area contributed by atoms with E-state index in [9.17, 15) is 4.79 Å². The highest BCUT2D eigenvalue weighted by molar-refractivity contribution is 5.79. The van der Waals surface area contributed by atoms with Crippen LogP contribution < -0.4 is 5.32 Å². The Labute approximate surface area is 133 Å². The third-order valence-electron chi connectivity index (χ3n) is 4.86. The molecule has 2 saturated heterocycles. The Morgan fingerprint density at radius 1 is 1.05 bits per heavy atom. The number of piperazine rings is 1. The molecule has 4 nitrogen and oxygen atoms in total. The molecular weight excluding hydrogens is 274 g/mol. The Morgan fingerprint density at radius 2 is 1.82 bits per heavy atom. The molecule has 1 aromatic carbocycles. The summed E-state index contributed by atoms with van der Waals surface area (Å²) in [6.07, 6.45) is 3.18. The third-order valence-corrected chi connectivity index (χ3v) is 4.86. The van der Waals surface area contributed by atoms with Crippen LogP contribution in [0.4, 0.5) is 0 Å². The lowest BCUT2D eigenvalue weighted by atomic mass is 9.98. The first-order chi connectivity index (χ1) is 10.8. The molecule has 0 aromatic heterocycles. The van der Waals surface area contributed by atoms with E-state index in [1.165, 1.54) is 5.56 Å². The van der Waals surface area contributed by atoms with Crippen molar-refractivity contribution in [2.45, 2.75) is 25.8 Å². The Bertz CT molecular complexity index is 460. The third kappa shape index (κ3) is 4.08. The lowest BCUT2D eigenvalue weighted by Gasteiger charge is -2.36. The van der Waals surface area contributed by atoms with E-state index >= 15 is 0 Å². The van der Waals surface area contributed by atoms with Crippen LogP contribution in [-0.4, -0.2) is 55.0 Å². The summed E-state index contributed by atoms with van der Waals surface area (Å²) in [6, 6.07) is 10.6. The van der Waals surface area contributed by atoms with Gasteiger partial charge in [0.05, 0.1) is 0 Å². The van der Waals surface area contributed by atoms with E-state index in [2.05, 4.69) is 45.4 Å². The maximum absolute atomic E-state index is 12.7. The normalized spacial score (nSPS) is 24.0. The van der Waals surface area contributed by atoms with E-state index in [0.717, 1.165) is 65.1 Å². The second-order valence-corrected chi connectivity index (χ2v) is 6.46. The average Bonchev–Trinajstić information content (AvgIpc) is 2.85. The second-order valence-electron chi connectivity index (χ2n) is 6.46. The maximum atomic E-state index is 12.7. The number of amides is 1. The van der Waals surface area contributed by atoms with Gasteiger partial charge in [-0.15, -0.1) is 0 Å². The van der Waals surface area contributed by atoms with Crippen LogP contribution in [0, 0.1) is 5.92 Å². The number of nitrogens with one attached hydrogen (secondary N) is 1. The van der Waals surface area contributed by atoms with Crippen molar-refractivity contribution >= 4 is 5.91 Å². The molecule has 0 saturated carbocycles. The minimum atomic E-state index is 0.246. The first-order valence-electron chi connectivity index (χ1n) is 8.59. The highest BCUT2D eigenvalue weighted by Crippen LogP contribution is 2.18. The zero-order chi connectivity index (χ0) is 15.2. The van der Waals surface area contributed by atoms with E-state index in [1.54, 1.807) is 0 Å².